The molecule has 0 aliphatic carbocycles. The van der Waals surface area contributed by atoms with Crippen LogP contribution in [0.25, 0.3) is 0 Å². The number of carbonyl (C=O) groups is 1. The Hall–Kier alpha value is -2.56. The van der Waals surface area contributed by atoms with Crippen LogP contribution in [0, 0.1) is 5.82 Å². The smallest absolute Gasteiger partial charge is 0.274 e. The number of benzene rings is 2. The van der Waals surface area contributed by atoms with Gasteiger partial charge in [-0.3, -0.25) is 15.6 Å². The standard InChI is InChI=1S/C13H12FN3O/c14-10-7-4-8-11(15)12(10)13(18)17-16-9-5-2-1-3-6-9/h1-8,16H,15H2,(H,17,18). The topological polar surface area (TPSA) is 67.2 Å². The van der Waals surface area contributed by atoms with Gasteiger partial charge in [0, 0.05) is 5.69 Å². The molecule has 0 unspecified atom stereocenters. The first-order valence-electron chi connectivity index (χ1n) is 5.34. The third-order valence-corrected chi connectivity index (χ3v) is 2.37. The van der Waals surface area contributed by atoms with Crippen molar-refractivity contribution < 1.29 is 9.18 Å². The molecular weight excluding hydrogens is 233 g/mol. The maximum absolute atomic E-state index is 13.5. The van der Waals surface area contributed by atoms with Gasteiger partial charge in [-0.1, -0.05) is 24.3 Å². The van der Waals surface area contributed by atoms with E-state index in [1.807, 2.05) is 18.2 Å². The number of amides is 1. The van der Waals surface area contributed by atoms with Crippen LogP contribution in [-0.4, -0.2) is 5.91 Å². The van der Waals surface area contributed by atoms with Crippen molar-refractivity contribution in [1.82, 2.24) is 5.43 Å². The SMILES string of the molecule is Nc1cccc(F)c1C(=O)NNc1ccccc1. The van der Waals surface area contributed by atoms with Gasteiger partial charge in [-0.25, -0.2) is 4.39 Å². The molecule has 0 atom stereocenters. The highest BCUT2D eigenvalue weighted by Gasteiger charge is 2.14. The molecule has 0 saturated heterocycles. The zero-order valence-electron chi connectivity index (χ0n) is 9.48. The van der Waals surface area contributed by atoms with Gasteiger partial charge >= 0.3 is 0 Å². The zero-order chi connectivity index (χ0) is 13.0. The third kappa shape index (κ3) is 2.57. The number of nitrogen functional groups attached to an aromatic ring is 1. The van der Waals surface area contributed by atoms with Crippen LogP contribution in [0.1, 0.15) is 10.4 Å². The summed E-state index contributed by atoms with van der Waals surface area (Å²) >= 11 is 0. The van der Waals surface area contributed by atoms with E-state index in [9.17, 15) is 9.18 Å². The third-order valence-electron chi connectivity index (χ3n) is 2.37. The van der Waals surface area contributed by atoms with Crippen LogP contribution in [0.5, 0.6) is 0 Å². The van der Waals surface area contributed by atoms with Gasteiger partial charge in [0.1, 0.15) is 5.82 Å². The van der Waals surface area contributed by atoms with E-state index in [2.05, 4.69) is 10.9 Å². The zero-order valence-corrected chi connectivity index (χ0v) is 9.48. The Morgan fingerprint density at radius 1 is 1.06 bits per heavy atom. The summed E-state index contributed by atoms with van der Waals surface area (Å²) in [7, 11) is 0. The van der Waals surface area contributed by atoms with Gasteiger partial charge in [0.05, 0.1) is 11.3 Å². The molecule has 2 rings (SSSR count). The van der Waals surface area contributed by atoms with Crippen molar-refractivity contribution in [3.63, 3.8) is 0 Å². The molecule has 0 aliphatic heterocycles. The minimum Gasteiger partial charge on any atom is -0.398 e. The fraction of sp³-hybridized carbons (Fsp3) is 0. The van der Waals surface area contributed by atoms with E-state index in [4.69, 9.17) is 5.73 Å². The number of anilines is 2. The molecule has 0 radical (unpaired) electrons. The van der Waals surface area contributed by atoms with Crippen molar-refractivity contribution in [3.05, 3.63) is 59.9 Å². The Morgan fingerprint density at radius 3 is 2.44 bits per heavy atom. The minimum atomic E-state index is -0.651. The number of hydrogen-bond acceptors (Lipinski definition) is 3. The van der Waals surface area contributed by atoms with Crippen molar-refractivity contribution >= 4 is 17.3 Å². The number of carbonyl (C=O) groups excluding carboxylic acids is 1. The van der Waals surface area contributed by atoms with Crippen LogP contribution in [0.2, 0.25) is 0 Å². The number of nitrogens with one attached hydrogen (secondary N) is 2. The van der Waals surface area contributed by atoms with Crippen LogP contribution in [-0.2, 0) is 0 Å². The quantitative estimate of drug-likeness (QED) is 0.573. The number of hydrazine groups is 1. The molecule has 0 aromatic heterocycles. The van der Waals surface area contributed by atoms with Crippen LogP contribution in [0.4, 0.5) is 15.8 Å². The number of para-hydroxylation sites is 1. The summed E-state index contributed by atoms with van der Waals surface area (Å²) < 4.78 is 13.5. The molecule has 2 aromatic rings. The van der Waals surface area contributed by atoms with Crippen LogP contribution < -0.4 is 16.6 Å². The lowest BCUT2D eigenvalue weighted by atomic mass is 10.1. The Morgan fingerprint density at radius 2 is 1.78 bits per heavy atom. The molecule has 0 bridgehead atoms. The number of rotatable bonds is 3. The molecule has 92 valence electrons. The second-order valence-corrected chi connectivity index (χ2v) is 3.65. The maximum atomic E-state index is 13.5. The average Bonchev–Trinajstić information content (AvgIpc) is 2.37. The number of halogens is 1. The molecule has 0 saturated carbocycles. The first-order valence-corrected chi connectivity index (χ1v) is 5.34. The predicted molar refractivity (Wildman–Crippen MR) is 68.3 cm³/mol. The van der Waals surface area contributed by atoms with Gasteiger partial charge < -0.3 is 5.73 Å². The second-order valence-electron chi connectivity index (χ2n) is 3.65. The fourth-order valence-electron chi connectivity index (χ4n) is 1.49. The molecule has 0 aliphatic rings. The summed E-state index contributed by atoms with van der Waals surface area (Å²) in [6.07, 6.45) is 0. The molecule has 4 N–H and O–H groups in total. The van der Waals surface area contributed by atoms with Gasteiger partial charge in [0.2, 0.25) is 0 Å². The lowest BCUT2D eigenvalue weighted by Crippen LogP contribution is -2.30. The molecule has 18 heavy (non-hydrogen) atoms. The molecule has 4 nitrogen and oxygen atoms in total. The lowest BCUT2D eigenvalue weighted by Gasteiger charge is -2.10. The second kappa shape index (κ2) is 5.18. The highest BCUT2D eigenvalue weighted by molar-refractivity contribution is 5.99. The van der Waals surface area contributed by atoms with Crippen molar-refractivity contribution in [1.29, 1.82) is 0 Å². The van der Waals surface area contributed by atoms with E-state index >= 15 is 0 Å². The molecule has 2 aromatic carbocycles. The summed E-state index contributed by atoms with van der Waals surface area (Å²) in [5, 5.41) is 0. The Kier molecular flexibility index (Phi) is 3.43. The largest absolute Gasteiger partial charge is 0.398 e. The van der Waals surface area contributed by atoms with E-state index in [0.717, 1.165) is 0 Å². The molecule has 0 fully saturated rings. The summed E-state index contributed by atoms with van der Waals surface area (Å²) in [6.45, 7) is 0. The Balaban J connectivity index is 2.09. The fourth-order valence-corrected chi connectivity index (χ4v) is 1.49. The maximum Gasteiger partial charge on any atom is 0.274 e. The monoisotopic (exact) mass is 245 g/mol. The Bertz CT molecular complexity index is 537. The number of hydrogen-bond donors (Lipinski definition) is 3. The van der Waals surface area contributed by atoms with Gasteiger partial charge in [0.25, 0.3) is 5.91 Å². The normalized spacial score (nSPS) is 9.83. The molecule has 1 amide bonds. The summed E-state index contributed by atoms with van der Waals surface area (Å²) in [5.74, 6) is -1.27. The van der Waals surface area contributed by atoms with Gasteiger partial charge in [-0.15, -0.1) is 0 Å². The summed E-state index contributed by atoms with van der Waals surface area (Å²) in [6, 6.07) is 13.1. The van der Waals surface area contributed by atoms with Crippen molar-refractivity contribution in [3.8, 4) is 0 Å². The van der Waals surface area contributed by atoms with Gasteiger partial charge in [-0.05, 0) is 24.3 Å². The highest BCUT2D eigenvalue weighted by atomic mass is 19.1. The van der Waals surface area contributed by atoms with E-state index in [1.165, 1.54) is 18.2 Å². The lowest BCUT2D eigenvalue weighted by molar-refractivity contribution is 0.0959. The number of nitrogens with two attached hydrogens (primary N) is 1. The van der Waals surface area contributed by atoms with Crippen LogP contribution in [0.3, 0.4) is 0 Å². The average molecular weight is 245 g/mol. The van der Waals surface area contributed by atoms with Crippen molar-refractivity contribution in [2.75, 3.05) is 11.2 Å². The summed E-state index contributed by atoms with van der Waals surface area (Å²) in [5.41, 5.74) is 11.3. The van der Waals surface area contributed by atoms with Crippen LogP contribution in [0.15, 0.2) is 48.5 Å². The molecular formula is C13H12FN3O. The van der Waals surface area contributed by atoms with E-state index in [0.29, 0.717) is 5.69 Å². The Labute approximate surface area is 104 Å². The molecule has 0 heterocycles. The van der Waals surface area contributed by atoms with Crippen molar-refractivity contribution in [2.24, 2.45) is 0 Å². The van der Waals surface area contributed by atoms with E-state index < -0.39 is 11.7 Å². The first-order chi connectivity index (χ1) is 8.68. The van der Waals surface area contributed by atoms with Crippen molar-refractivity contribution in [2.45, 2.75) is 0 Å². The van der Waals surface area contributed by atoms with E-state index in [1.54, 1.807) is 12.1 Å². The van der Waals surface area contributed by atoms with Gasteiger partial charge in [-0.2, -0.15) is 0 Å². The molecule has 0 spiro atoms. The van der Waals surface area contributed by atoms with E-state index in [-0.39, 0.29) is 11.3 Å². The van der Waals surface area contributed by atoms with Crippen LogP contribution >= 0.6 is 0 Å². The summed E-state index contributed by atoms with van der Waals surface area (Å²) in [4.78, 5) is 11.8. The molecule has 5 heteroatoms. The minimum absolute atomic E-state index is 0.0994. The predicted octanol–water partition coefficient (Wildman–Crippen LogP) is 2.16. The first kappa shape index (κ1) is 11.9. The van der Waals surface area contributed by atoms with Gasteiger partial charge in [0.15, 0.2) is 0 Å². The highest BCUT2D eigenvalue weighted by Crippen LogP contribution is 2.15.